The zero-order chi connectivity index (χ0) is 19.2. The molecule has 4 heterocycles. The number of rotatable bonds is 5. The number of carbonyl (C=O) groups excluding carboxylic acids is 2. The maximum Gasteiger partial charge on any atom is 0.244 e. The van der Waals surface area contributed by atoms with Gasteiger partial charge in [-0.3, -0.25) is 19.5 Å². The maximum atomic E-state index is 13.0. The highest BCUT2D eigenvalue weighted by Crippen LogP contribution is 2.41. The number of nitrogens with zero attached hydrogens (tertiary/aromatic N) is 3. The van der Waals surface area contributed by atoms with Crippen LogP contribution in [0.3, 0.4) is 0 Å². The summed E-state index contributed by atoms with van der Waals surface area (Å²) in [5, 5.41) is 1.92. The first-order valence-electron chi connectivity index (χ1n) is 8.75. The van der Waals surface area contributed by atoms with E-state index in [-0.39, 0.29) is 35.8 Å². The van der Waals surface area contributed by atoms with Gasteiger partial charge in [0.25, 0.3) is 0 Å². The van der Waals surface area contributed by atoms with Crippen LogP contribution in [0.1, 0.15) is 24.3 Å². The number of amides is 2. The Morgan fingerprint density at radius 2 is 1.89 bits per heavy atom. The third kappa shape index (κ3) is 2.90. The number of imide groups is 1. The number of thiophene rings is 1. The second-order valence-corrected chi connectivity index (χ2v) is 9.63. The Balaban J connectivity index is 1.58. The topological polar surface area (TPSA) is 87.7 Å². The van der Waals surface area contributed by atoms with Gasteiger partial charge in [-0.05, 0) is 30.0 Å². The third-order valence-electron chi connectivity index (χ3n) is 5.24. The quantitative estimate of drug-likeness (QED) is 0.709. The fourth-order valence-corrected chi connectivity index (χ4v) is 6.24. The van der Waals surface area contributed by atoms with Crippen molar-refractivity contribution in [3.8, 4) is 0 Å². The van der Waals surface area contributed by atoms with Crippen molar-refractivity contribution in [2.45, 2.75) is 24.3 Å². The largest absolute Gasteiger partial charge is 0.274 e. The van der Waals surface area contributed by atoms with Crippen LogP contribution in [0.25, 0.3) is 0 Å². The predicted octanol–water partition coefficient (Wildman–Crippen LogP) is 1.90. The molecule has 1 unspecified atom stereocenters. The molecule has 0 N–H and O–H groups in total. The van der Waals surface area contributed by atoms with Crippen LogP contribution in [0.15, 0.2) is 46.9 Å². The fraction of sp³-hybridized carbons (Fsp3) is 0.389. The molecule has 2 saturated heterocycles. The van der Waals surface area contributed by atoms with E-state index in [1.165, 1.54) is 39.0 Å². The molecular weight excluding hydrogens is 386 g/mol. The standard InChI is InChI=1S/C18H19N3O4S2/c1-2-15(16-6-4-8-26-16)21-17(22)13-10-20(11-14(13)18(21)23)27(24,25)12-5-3-7-19-9-12/h3-9,13-15H,2,10-11H2,1H3/t13-,14+,15?. The highest BCUT2D eigenvalue weighted by atomic mass is 32.2. The monoisotopic (exact) mass is 405 g/mol. The Bertz CT molecular complexity index is 936. The van der Waals surface area contributed by atoms with Crippen molar-refractivity contribution < 1.29 is 18.0 Å². The molecule has 4 rings (SSSR count). The van der Waals surface area contributed by atoms with Gasteiger partial charge in [-0.2, -0.15) is 4.31 Å². The Morgan fingerprint density at radius 1 is 1.19 bits per heavy atom. The summed E-state index contributed by atoms with van der Waals surface area (Å²) >= 11 is 1.52. The van der Waals surface area contributed by atoms with E-state index in [2.05, 4.69) is 4.98 Å². The lowest BCUT2D eigenvalue weighted by Crippen LogP contribution is -2.39. The lowest BCUT2D eigenvalue weighted by atomic mass is 10.00. The highest BCUT2D eigenvalue weighted by molar-refractivity contribution is 7.89. The van der Waals surface area contributed by atoms with Crippen molar-refractivity contribution in [1.82, 2.24) is 14.2 Å². The van der Waals surface area contributed by atoms with Crippen LogP contribution < -0.4 is 0 Å². The first kappa shape index (κ1) is 18.3. The first-order valence-corrected chi connectivity index (χ1v) is 11.1. The summed E-state index contributed by atoms with van der Waals surface area (Å²) in [5.74, 6) is -1.76. The van der Waals surface area contributed by atoms with Crippen LogP contribution >= 0.6 is 11.3 Å². The molecule has 0 bridgehead atoms. The van der Waals surface area contributed by atoms with E-state index in [0.717, 1.165) is 4.88 Å². The molecule has 0 spiro atoms. The molecular formula is C18H19N3O4S2. The maximum absolute atomic E-state index is 13.0. The summed E-state index contributed by atoms with van der Waals surface area (Å²) in [5.41, 5.74) is 0. The number of hydrogen-bond donors (Lipinski definition) is 0. The number of aromatic nitrogens is 1. The van der Waals surface area contributed by atoms with Gasteiger partial charge in [-0.1, -0.05) is 13.0 Å². The van der Waals surface area contributed by atoms with Crippen LogP contribution in [0.4, 0.5) is 0 Å². The van der Waals surface area contributed by atoms with E-state index in [9.17, 15) is 18.0 Å². The Hall–Kier alpha value is -2.10. The van der Waals surface area contributed by atoms with Gasteiger partial charge in [-0.25, -0.2) is 8.42 Å². The first-order chi connectivity index (χ1) is 12.9. The molecule has 2 fully saturated rings. The van der Waals surface area contributed by atoms with Crippen molar-refractivity contribution in [2.24, 2.45) is 11.8 Å². The fourth-order valence-electron chi connectivity index (χ4n) is 3.88. The van der Waals surface area contributed by atoms with Gasteiger partial charge >= 0.3 is 0 Å². The van der Waals surface area contributed by atoms with Crippen LogP contribution in [-0.4, -0.2) is 47.5 Å². The number of carbonyl (C=O) groups is 2. The van der Waals surface area contributed by atoms with Crippen LogP contribution in [0.5, 0.6) is 0 Å². The van der Waals surface area contributed by atoms with Gasteiger partial charge in [0.2, 0.25) is 21.8 Å². The van der Waals surface area contributed by atoms with Crippen molar-refractivity contribution in [1.29, 1.82) is 0 Å². The third-order valence-corrected chi connectivity index (χ3v) is 8.03. The van der Waals surface area contributed by atoms with E-state index < -0.39 is 21.9 Å². The number of hydrogen-bond acceptors (Lipinski definition) is 6. The Kier molecular flexibility index (Phi) is 4.61. The lowest BCUT2D eigenvalue weighted by molar-refractivity contribution is -0.143. The minimum atomic E-state index is -3.76. The highest BCUT2D eigenvalue weighted by Gasteiger charge is 2.56. The van der Waals surface area contributed by atoms with Crippen molar-refractivity contribution in [3.05, 3.63) is 46.9 Å². The van der Waals surface area contributed by atoms with E-state index in [4.69, 9.17) is 0 Å². The summed E-state index contributed by atoms with van der Waals surface area (Å²) in [6.07, 6.45) is 3.41. The van der Waals surface area contributed by atoms with E-state index in [1.54, 1.807) is 6.07 Å². The molecule has 2 aliphatic rings. The zero-order valence-corrected chi connectivity index (χ0v) is 16.3. The summed E-state index contributed by atoms with van der Waals surface area (Å²) in [6, 6.07) is 6.56. The second kappa shape index (κ2) is 6.81. The van der Waals surface area contributed by atoms with E-state index in [0.29, 0.717) is 6.42 Å². The second-order valence-electron chi connectivity index (χ2n) is 6.71. The normalized spacial score (nSPS) is 24.4. The number of sulfonamides is 1. The smallest absolute Gasteiger partial charge is 0.244 e. The summed E-state index contributed by atoms with van der Waals surface area (Å²) in [7, 11) is -3.76. The number of pyridine rings is 1. The summed E-state index contributed by atoms with van der Waals surface area (Å²) < 4.78 is 26.8. The minimum absolute atomic E-state index is 0.0316. The molecule has 27 heavy (non-hydrogen) atoms. The number of likely N-dealkylation sites (tertiary alicyclic amines) is 1. The molecule has 0 saturated carbocycles. The van der Waals surface area contributed by atoms with Gasteiger partial charge in [0.15, 0.2) is 0 Å². The minimum Gasteiger partial charge on any atom is -0.274 e. The molecule has 2 aliphatic heterocycles. The summed E-state index contributed by atoms with van der Waals surface area (Å²) in [4.78, 5) is 32.2. The molecule has 3 atom stereocenters. The van der Waals surface area contributed by atoms with Gasteiger partial charge in [0.05, 0.1) is 17.9 Å². The van der Waals surface area contributed by atoms with E-state index in [1.807, 2.05) is 24.4 Å². The van der Waals surface area contributed by atoms with Crippen LogP contribution in [0.2, 0.25) is 0 Å². The summed E-state index contributed by atoms with van der Waals surface area (Å²) in [6.45, 7) is 2.01. The molecule has 142 valence electrons. The zero-order valence-electron chi connectivity index (χ0n) is 14.7. The van der Waals surface area contributed by atoms with Crippen molar-refractivity contribution in [3.63, 3.8) is 0 Å². The average Bonchev–Trinajstić information content (AvgIpc) is 3.39. The molecule has 2 amide bonds. The van der Waals surface area contributed by atoms with Gasteiger partial charge in [0.1, 0.15) is 4.90 Å². The van der Waals surface area contributed by atoms with Crippen LogP contribution in [-0.2, 0) is 19.6 Å². The predicted molar refractivity (Wildman–Crippen MR) is 99.2 cm³/mol. The Labute approximate surface area is 161 Å². The Morgan fingerprint density at radius 3 is 2.41 bits per heavy atom. The SMILES string of the molecule is CCC(c1cccs1)N1C(=O)[C@H]2CN(S(=O)(=O)c3cccnc3)C[C@H]2C1=O. The van der Waals surface area contributed by atoms with Crippen molar-refractivity contribution in [2.75, 3.05) is 13.1 Å². The molecule has 2 aromatic heterocycles. The molecule has 2 aromatic rings. The van der Waals surface area contributed by atoms with Gasteiger partial charge in [0, 0.05) is 30.4 Å². The molecule has 7 nitrogen and oxygen atoms in total. The molecule has 0 aliphatic carbocycles. The number of fused-ring (bicyclic) bond motifs is 1. The van der Waals surface area contributed by atoms with Crippen molar-refractivity contribution >= 4 is 33.2 Å². The average molecular weight is 406 g/mol. The lowest BCUT2D eigenvalue weighted by Gasteiger charge is -2.26. The molecule has 0 aromatic carbocycles. The molecule has 0 radical (unpaired) electrons. The molecule has 9 heteroatoms. The van der Waals surface area contributed by atoms with E-state index >= 15 is 0 Å². The van der Waals surface area contributed by atoms with Gasteiger partial charge in [-0.15, -0.1) is 11.3 Å². The van der Waals surface area contributed by atoms with Gasteiger partial charge < -0.3 is 0 Å². The van der Waals surface area contributed by atoms with Crippen LogP contribution in [0, 0.1) is 11.8 Å².